The van der Waals surface area contributed by atoms with Gasteiger partial charge in [-0.2, -0.15) is 0 Å². The topological polar surface area (TPSA) is 81.6 Å². The average Bonchev–Trinajstić information content (AvgIpc) is 2.75. The molecule has 29 heavy (non-hydrogen) atoms. The molecule has 1 N–H and O–H groups in total. The maximum atomic E-state index is 11.7. The molecule has 1 heterocycles. The predicted octanol–water partition coefficient (Wildman–Crippen LogP) is 2.68. The zero-order chi connectivity index (χ0) is 20.5. The van der Waals surface area contributed by atoms with Crippen molar-refractivity contribution in [2.45, 2.75) is 26.3 Å². The number of piperidine rings is 1. The molecule has 0 aromatic heterocycles. The van der Waals surface area contributed by atoms with Crippen molar-refractivity contribution in [1.82, 2.24) is 10.2 Å². The molecule has 1 aromatic rings. The summed E-state index contributed by atoms with van der Waals surface area (Å²) in [7, 11) is 6.28. The van der Waals surface area contributed by atoms with E-state index in [2.05, 4.69) is 10.2 Å². The SMILES string of the molecule is CCNC(=NCc1c(OC)cc(OC)cc1OC)N1CCC(C(=O)OC)CC1.I. The summed E-state index contributed by atoms with van der Waals surface area (Å²) in [5.41, 5.74) is 0.852. The quantitative estimate of drug-likeness (QED) is 0.256. The van der Waals surface area contributed by atoms with E-state index in [0.717, 1.165) is 44.0 Å². The van der Waals surface area contributed by atoms with Crippen LogP contribution in [0.5, 0.6) is 17.2 Å². The Hall–Kier alpha value is -1.91. The summed E-state index contributed by atoms with van der Waals surface area (Å²) in [5, 5.41) is 3.33. The second-order valence-corrected chi connectivity index (χ2v) is 6.47. The number of aliphatic imine (C=N–C) groups is 1. The fourth-order valence-electron chi connectivity index (χ4n) is 3.31. The summed E-state index contributed by atoms with van der Waals surface area (Å²) in [6.45, 7) is 4.69. The van der Waals surface area contributed by atoms with Gasteiger partial charge in [-0.15, -0.1) is 24.0 Å². The first-order chi connectivity index (χ1) is 13.6. The molecule has 0 spiro atoms. The highest BCUT2D eigenvalue weighted by molar-refractivity contribution is 14.0. The van der Waals surface area contributed by atoms with E-state index in [0.29, 0.717) is 23.8 Å². The van der Waals surface area contributed by atoms with E-state index in [-0.39, 0.29) is 35.9 Å². The van der Waals surface area contributed by atoms with Gasteiger partial charge in [0.05, 0.1) is 46.5 Å². The lowest BCUT2D eigenvalue weighted by Crippen LogP contribution is -2.46. The smallest absolute Gasteiger partial charge is 0.308 e. The molecule has 164 valence electrons. The highest BCUT2D eigenvalue weighted by atomic mass is 127. The zero-order valence-electron chi connectivity index (χ0n) is 17.8. The van der Waals surface area contributed by atoms with Gasteiger partial charge in [-0.3, -0.25) is 4.79 Å². The Morgan fingerprint density at radius 3 is 2.14 bits per heavy atom. The fraction of sp³-hybridized carbons (Fsp3) is 0.600. The van der Waals surface area contributed by atoms with Gasteiger partial charge in [0.15, 0.2) is 5.96 Å². The number of ether oxygens (including phenoxy) is 4. The third-order valence-corrected chi connectivity index (χ3v) is 4.87. The first-order valence-electron chi connectivity index (χ1n) is 9.47. The van der Waals surface area contributed by atoms with E-state index in [1.165, 1.54) is 7.11 Å². The standard InChI is InChI=1S/C20H31N3O5.HI/c1-6-21-20(23-9-7-14(8-10-23)19(24)28-5)22-13-16-17(26-3)11-15(25-2)12-18(16)27-4;/h11-12,14H,6-10,13H2,1-5H3,(H,21,22);1H. The minimum atomic E-state index is -0.130. The Morgan fingerprint density at radius 2 is 1.69 bits per heavy atom. The number of nitrogens with zero attached hydrogens (tertiary/aromatic N) is 2. The van der Waals surface area contributed by atoms with Gasteiger partial charge in [0.25, 0.3) is 0 Å². The number of carbonyl (C=O) groups excluding carboxylic acids is 1. The van der Waals surface area contributed by atoms with Gasteiger partial charge >= 0.3 is 5.97 Å². The third-order valence-electron chi connectivity index (χ3n) is 4.87. The van der Waals surface area contributed by atoms with Crippen molar-refractivity contribution in [2.24, 2.45) is 10.9 Å². The molecule has 0 amide bonds. The summed E-state index contributed by atoms with van der Waals surface area (Å²) >= 11 is 0. The Bertz CT molecular complexity index is 666. The van der Waals surface area contributed by atoms with Crippen molar-refractivity contribution in [3.05, 3.63) is 17.7 Å². The van der Waals surface area contributed by atoms with E-state index in [4.69, 9.17) is 23.9 Å². The van der Waals surface area contributed by atoms with Crippen LogP contribution in [0.2, 0.25) is 0 Å². The number of hydrogen-bond donors (Lipinski definition) is 1. The number of hydrogen-bond acceptors (Lipinski definition) is 6. The van der Waals surface area contributed by atoms with Crippen molar-refractivity contribution in [1.29, 1.82) is 0 Å². The van der Waals surface area contributed by atoms with Crippen LogP contribution in [0, 0.1) is 5.92 Å². The molecular formula is C20H32IN3O5. The number of benzene rings is 1. The monoisotopic (exact) mass is 521 g/mol. The molecule has 1 fully saturated rings. The van der Waals surface area contributed by atoms with Crippen LogP contribution in [0.15, 0.2) is 17.1 Å². The first-order valence-corrected chi connectivity index (χ1v) is 9.47. The van der Waals surface area contributed by atoms with E-state index >= 15 is 0 Å². The van der Waals surface area contributed by atoms with Crippen LogP contribution < -0.4 is 19.5 Å². The van der Waals surface area contributed by atoms with Crippen molar-refractivity contribution in [3.8, 4) is 17.2 Å². The maximum Gasteiger partial charge on any atom is 0.308 e. The molecule has 1 aromatic carbocycles. The Labute approximate surface area is 189 Å². The number of halogens is 1. The maximum absolute atomic E-state index is 11.7. The molecule has 9 heteroatoms. The Balaban J connectivity index is 0.00000420. The van der Waals surface area contributed by atoms with Crippen LogP contribution in [0.4, 0.5) is 0 Å². The minimum absolute atomic E-state index is 0. The van der Waals surface area contributed by atoms with Crippen molar-refractivity contribution in [3.63, 3.8) is 0 Å². The molecule has 0 radical (unpaired) electrons. The summed E-state index contributed by atoms with van der Waals surface area (Å²) in [6, 6.07) is 3.64. The molecule has 8 nitrogen and oxygen atoms in total. The summed E-state index contributed by atoms with van der Waals surface area (Å²) in [4.78, 5) is 18.7. The Kier molecular flexibility index (Phi) is 10.9. The molecule has 1 saturated heterocycles. The summed E-state index contributed by atoms with van der Waals surface area (Å²) in [5.74, 6) is 2.64. The van der Waals surface area contributed by atoms with Gasteiger partial charge in [0, 0.05) is 31.8 Å². The van der Waals surface area contributed by atoms with E-state index in [1.54, 1.807) is 21.3 Å². The van der Waals surface area contributed by atoms with E-state index in [1.807, 2.05) is 19.1 Å². The van der Waals surface area contributed by atoms with E-state index in [9.17, 15) is 4.79 Å². The largest absolute Gasteiger partial charge is 0.496 e. The lowest BCUT2D eigenvalue weighted by atomic mass is 9.97. The number of carbonyl (C=O) groups is 1. The van der Waals surface area contributed by atoms with Gasteiger partial charge in [-0.1, -0.05) is 0 Å². The number of nitrogens with one attached hydrogen (secondary N) is 1. The lowest BCUT2D eigenvalue weighted by Gasteiger charge is -2.33. The lowest BCUT2D eigenvalue weighted by molar-refractivity contribution is -0.146. The predicted molar refractivity (Wildman–Crippen MR) is 123 cm³/mol. The van der Waals surface area contributed by atoms with Gasteiger partial charge in [0.2, 0.25) is 0 Å². The number of rotatable bonds is 7. The first kappa shape index (κ1) is 25.1. The van der Waals surface area contributed by atoms with Gasteiger partial charge in [-0.05, 0) is 19.8 Å². The molecule has 2 rings (SSSR count). The minimum Gasteiger partial charge on any atom is -0.496 e. The second kappa shape index (κ2) is 12.6. The van der Waals surface area contributed by atoms with Gasteiger partial charge in [-0.25, -0.2) is 4.99 Å². The molecule has 0 aliphatic carbocycles. The highest BCUT2D eigenvalue weighted by Gasteiger charge is 2.27. The van der Waals surface area contributed by atoms with E-state index < -0.39 is 0 Å². The fourth-order valence-corrected chi connectivity index (χ4v) is 3.31. The van der Waals surface area contributed by atoms with Crippen LogP contribution in [-0.4, -0.2) is 64.9 Å². The average molecular weight is 521 g/mol. The zero-order valence-corrected chi connectivity index (χ0v) is 20.1. The number of methoxy groups -OCH3 is 4. The Morgan fingerprint density at radius 1 is 1.10 bits per heavy atom. The number of likely N-dealkylation sites (tertiary alicyclic amines) is 1. The molecule has 0 atom stereocenters. The van der Waals surface area contributed by atoms with Gasteiger partial charge in [0.1, 0.15) is 17.2 Å². The van der Waals surface area contributed by atoms with Crippen LogP contribution in [0.1, 0.15) is 25.3 Å². The number of esters is 1. The van der Waals surface area contributed by atoms with Crippen LogP contribution in [0.3, 0.4) is 0 Å². The van der Waals surface area contributed by atoms with Crippen LogP contribution in [-0.2, 0) is 16.1 Å². The molecular weight excluding hydrogens is 489 g/mol. The highest BCUT2D eigenvalue weighted by Crippen LogP contribution is 2.34. The second-order valence-electron chi connectivity index (χ2n) is 6.47. The molecule has 1 aliphatic rings. The van der Waals surface area contributed by atoms with Crippen molar-refractivity contribution in [2.75, 3.05) is 48.1 Å². The molecule has 0 bridgehead atoms. The van der Waals surface area contributed by atoms with Crippen LogP contribution in [0.25, 0.3) is 0 Å². The normalized spacial score (nSPS) is 14.7. The molecule has 0 unspecified atom stereocenters. The third kappa shape index (κ3) is 6.55. The molecule has 0 saturated carbocycles. The van der Waals surface area contributed by atoms with Gasteiger partial charge < -0.3 is 29.2 Å². The number of guanidine groups is 1. The molecule has 1 aliphatic heterocycles. The van der Waals surface area contributed by atoms with Crippen LogP contribution >= 0.6 is 24.0 Å². The summed E-state index contributed by atoms with van der Waals surface area (Å²) < 4.78 is 21.2. The van der Waals surface area contributed by atoms with Crippen molar-refractivity contribution < 1.29 is 23.7 Å². The summed E-state index contributed by atoms with van der Waals surface area (Å²) in [6.07, 6.45) is 1.51. The van der Waals surface area contributed by atoms with Crippen molar-refractivity contribution >= 4 is 35.9 Å².